The Balaban J connectivity index is 1.45. The second kappa shape index (κ2) is 9.30. The molecule has 30 heavy (non-hydrogen) atoms. The Morgan fingerprint density at radius 1 is 1.13 bits per heavy atom. The van der Waals surface area contributed by atoms with Gasteiger partial charge in [0.05, 0.1) is 24.8 Å². The van der Waals surface area contributed by atoms with Gasteiger partial charge in [-0.1, -0.05) is 30.7 Å². The third-order valence-corrected chi connectivity index (χ3v) is 6.04. The number of piperidine rings is 1. The molecule has 0 aliphatic carbocycles. The predicted octanol–water partition coefficient (Wildman–Crippen LogP) is 3.89. The van der Waals surface area contributed by atoms with E-state index in [0.29, 0.717) is 6.54 Å². The summed E-state index contributed by atoms with van der Waals surface area (Å²) in [6.45, 7) is 4.06. The van der Waals surface area contributed by atoms with E-state index in [9.17, 15) is 9.59 Å². The van der Waals surface area contributed by atoms with Gasteiger partial charge < -0.3 is 14.6 Å². The van der Waals surface area contributed by atoms with Crippen molar-refractivity contribution in [2.75, 3.05) is 19.6 Å². The number of rotatable bonds is 6. The van der Waals surface area contributed by atoms with Crippen molar-refractivity contribution in [1.82, 2.24) is 15.1 Å². The lowest BCUT2D eigenvalue weighted by atomic mass is 9.93. The van der Waals surface area contributed by atoms with Crippen LogP contribution in [0.2, 0.25) is 0 Å². The summed E-state index contributed by atoms with van der Waals surface area (Å²) >= 11 is 0. The highest BCUT2D eigenvalue weighted by Crippen LogP contribution is 2.33. The first-order valence-electron chi connectivity index (χ1n) is 10.7. The van der Waals surface area contributed by atoms with Crippen molar-refractivity contribution in [3.8, 4) is 0 Å². The number of carbonyl (C=O) groups is 2. The summed E-state index contributed by atoms with van der Waals surface area (Å²) in [5.74, 6) is 0.749. The van der Waals surface area contributed by atoms with Gasteiger partial charge in [0, 0.05) is 19.7 Å². The molecule has 158 valence electrons. The average molecular weight is 408 g/mol. The molecule has 2 aliphatic heterocycles. The van der Waals surface area contributed by atoms with E-state index in [1.54, 1.807) is 17.4 Å². The molecule has 4 rings (SSSR count). The van der Waals surface area contributed by atoms with Crippen LogP contribution in [0.5, 0.6) is 0 Å². The van der Waals surface area contributed by atoms with Gasteiger partial charge in [0.2, 0.25) is 11.8 Å². The van der Waals surface area contributed by atoms with Crippen LogP contribution in [0.25, 0.3) is 6.08 Å². The maximum Gasteiger partial charge on any atom is 0.223 e. The maximum atomic E-state index is 12.9. The van der Waals surface area contributed by atoms with E-state index in [-0.39, 0.29) is 30.3 Å². The van der Waals surface area contributed by atoms with Crippen LogP contribution in [0, 0.1) is 0 Å². The van der Waals surface area contributed by atoms with Crippen LogP contribution in [0.1, 0.15) is 61.6 Å². The number of nitrogens with one attached hydrogen (secondary N) is 1. The number of amides is 2. The molecular weight excluding hydrogens is 378 g/mol. The molecule has 6 heteroatoms. The predicted molar refractivity (Wildman–Crippen MR) is 115 cm³/mol. The van der Waals surface area contributed by atoms with E-state index in [2.05, 4.69) is 10.2 Å². The summed E-state index contributed by atoms with van der Waals surface area (Å²) < 4.78 is 5.67. The Labute approximate surface area is 177 Å². The van der Waals surface area contributed by atoms with Gasteiger partial charge in [0.25, 0.3) is 0 Å². The van der Waals surface area contributed by atoms with Crippen molar-refractivity contribution in [3.63, 3.8) is 0 Å². The normalized spacial score (nSPS) is 19.9. The Kier molecular flexibility index (Phi) is 6.33. The third kappa shape index (κ3) is 4.49. The first kappa shape index (κ1) is 20.4. The van der Waals surface area contributed by atoms with Crippen LogP contribution in [0.3, 0.4) is 0 Å². The molecule has 0 saturated carbocycles. The number of carbonyl (C=O) groups excluding carboxylic acids is 2. The Bertz CT molecular complexity index is 900. The zero-order chi connectivity index (χ0) is 20.9. The summed E-state index contributed by atoms with van der Waals surface area (Å²) in [4.78, 5) is 29.1. The second-order valence-electron chi connectivity index (χ2n) is 8.02. The summed E-state index contributed by atoms with van der Waals surface area (Å²) in [6.07, 6.45) is 9.21. The van der Waals surface area contributed by atoms with Crippen molar-refractivity contribution < 1.29 is 14.0 Å². The van der Waals surface area contributed by atoms with Crippen LogP contribution in [0.15, 0.2) is 53.3 Å². The Morgan fingerprint density at radius 2 is 1.93 bits per heavy atom. The molecule has 1 aromatic carbocycles. The number of nitrogens with zero attached hydrogens (tertiary/aromatic N) is 2. The van der Waals surface area contributed by atoms with Crippen molar-refractivity contribution in [3.05, 3.63) is 65.7 Å². The molecule has 1 aromatic heterocycles. The zero-order valence-electron chi connectivity index (χ0n) is 17.4. The average Bonchev–Trinajstić information content (AvgIpc) is 3.29. The quantitative estimate of drug-likeness (QED) is 0.789. The molecule has 1 fully saturated rings. The third-order valence-electron chi connectivity index (χ3n) is 6.04. The lowest BCUT2D eigenvalue weighted by Crippen LogP contribution is -2.41. The van der Waals surface area contributed by atoms with Crippen molar-refractivity contribution in [1.29, 1.82) is 0 Å². The minimum absolute atomic E-state index is 0.0340. The molecular formula is C24H29N3O3. The van der Waals surface area contributed by atoms with E-state index in [1.165, 1.54) is 26.2 Å². The standard InChI is InChI=1S/C24H29N3O3/c1-18(28)27-14-11-19-8-3-4-9-20(19)21(27)16-24(29)25-17-22(23-10-7-15-30-23)26-12-5-2-6-13-26/h3-4,7-11,14-15,21-22H,2,5-6,12-13,16-17H2,1H3,(H,25,29). The zero-order valence-corrected chi connectivity index (χ0v) is 17.4. The van der Waals surface area contributed by atoms with E-state index < -0.39 is 0 Å². The van der Waals surface area contributed by atoms with Crippen LogP contribution in [-0.2, 0) is 9.59 Å². The molecule has 2 aromatic rings. The fourth-order valence-corrected chi connectivity index (χ4v) is 4.49. The molecule has 0 radical (unpaired) electrons. The van der Waals surface area contributed by atoms with Gasteiger partial charge in [0.1, 0.15) is 5.76 Å². The van der Waals surface area contributed by atoms with E-state index in [1.807, 2.05) is 42.5 Å². The van der Waals surface area contributed by atoms with E-state index in [4.69, 9.17) is 4.42 Å². The summed E-state index contributed by atoms with van der Waals surface area (Å²) in [6, 6.07) is 11.5. The lowest BCUT2D eigenvalue weighted by Gasteiger charge is -2.34. The smallest absolute Gasteiger partial charge is 0.223 e. The van der Waals surface area contributed by atoms with Gasteiger partial charge in [-0.2, -0.15) is 0 Å². The van der Waals surface area contributed by atoms with E-state index >= 15 is 0 Å². The largest absolute Gasteiger partial charge is 0.468 e. The topological polar surface area (TPSA) is 65.8 Å². The number of fused-ring (bicyclic) bond motifs is 1. The van der Waals surface area contributed by atoms with Crippen molar-refractivity contribution in [2.45, 2.75) is 44.7 Å². The monoisotopic (exact) mass is 407 g/mol. The highest BCUT2D eigenvalue weighted by atomic mass is 16.3. The SMILES string of the molecule is CC(=O)N1C=Cc2ccccc2C1CC(=O)NCC(c1ccco1)N1CCCCC1. The highest BCUT2D eigenvalue weighted by molar-refractivity contribution is 5.81. The van der Waals surface area contributed by atoms with Crippen LogP contribution < -0.4 is 5.32 Å². The molecule has 0 spiro atoms. The fourth-order valence-electron chi connectivity index (χ4n) is 4.49. The number of hydrogen-bond acceptors (Lipinski definition) is 4. The molecule has 0 bridgehead atoms. The molecule has 3 heterocycles. The minimum atomic E-state index is -0.291. The van der Waals surface area contributed by atoms with E-state index in [0.717, 1.165) is 30.0 Å². The Hall–Kier alpha value is -2.86. The number of benzene rings is 1. The Morgan fingerprint density at radius 3 is 2.67 bits per heavy atom. The van der Waals surface area contributed by atoms with Gasteiger partial charge in [-0.05, 0) is 55.3 Å². The molecule has 2 aliphatic rings. The van der Waals surface area contributed by atoms with Gasteiger partial charge in [-0.25, -0.2) is 0 Å². The summed E-state index contributed by atoms with van der Waals surface area (Å²) in [5, 5.41) is 3.10. The number of hydrogen-bond donors (Lipinski definition) is 1. The fraction of sp³-hybridized carbons (Fsp3) is 0.417. The molecule has 2 unspecified atom stereocenters. The van der Waals surface area contributed by atoms with Crippen LogP contribution in [0.4, 0.5) is 0 Å². The lowest BCUT2D eigenvalue weighted by molar-refractivity contribution is -0.130. The molecule has 6 nitrogen and oxygen atoms in total. The highest BCUT2D eigenvalue weighted by Gasteiger charge is 2.29. The van der Waals surface area contributed by atoms with Crippen LogP contribution in [-0.4, -0.2) is 41.2 Å². The number of likely N-dealkylation sites (tertiary alicyclic amines) is 1. The van der Waals surface area contributed by atoms with Gasteiger partial charge in [0.15, 0.2) is 0 Å². The molecule has 1 N–H and O–H groups in total. The molecule has 1 saturated heterocycles. The second-order valence-corrected chi connectivity index (χ2v) is 8.02. The molecule has 2 amide bonds. The van der Waals surface area contributed by atoms with Crippen molar-refractivity contribution in [2.24, 2.45) is 0 Å². The first-order valence-corrected chi connectivity index (χ1v) is 10.7. The van der Waals surface area contributed by atoms with Crippen molar-refractivity contribution >= 4 is 17.9 Å². The summed E-state index contributed by atoms with van der Waals surface area (Å²) in [7, 11) is 0. The van der Waals surface area contributed by atoms with Gasteiger partial charge >= 0.3 is 0 Å². The van der Waals surface area contributed by atoms with Gasteiger partial charge in [-0.3, -0.25) is 14.5 Å². The van der Waals surface area contributed by atoms with Crippen LogP contribution >= 0.6 is 0 Å². The maximum absolute atomic E-state index is 12.9. The minimum Gasteiger partial charge on any atom is -0.468 e. The summed E-state index contributed by atoms with van der Waals surface area (Å²) in [5.41, 5.74) is 2.05. The van der Waals surface area contributed by atoms with Gasteiger partial charge in [-0.15, -0.1) is 0 Å². The number of furan rings is 1. The molecule has 2 atom stereocenters. The first-order chi connectivity index (χ1) is 14.6.